The van der Waals surface area contributed by atoms with Crippen molar-refractivity contribution in [3.63, 3.8) is 0 Å². The van der Waals surface area contributed by atoms with E-state index in [0.29, 0.717) is 29.4 Å². The van der Waals surface area contributed by atoms with Crippen LogP contribution in [-0.4, -0.2) is 51.8 Å². The van der Waals surface area contributed by atoms with Crippen LogP contribution in [0.15, 0.2) is 22.8 Å². The molecule has 0 bridgehead atoms. The fourth-order valence-electron chi connectivity index (χ4n) is 3.17. The van der Waals surface area contributed by atoms with Crippen LogP contribution in [-0.2, 0) is 23.6 Å². The molecule has 0 amide bonds. The van der Waals surface area contributed by atoms with Gasteiger partial charge in [-0.15, -0.1) is 5.10 Å². The maximum absolute atomic E-state index is 11.9. The molecule has 0 radical (unpaired) electrons. The van der Waals surface area contributed by atoms with Gasteiger partial charge in [0.15, 0.2) is 26.2 Å². The Balaban J connectivity index is 1.84. The molecule has 9 heteroatoms. The maximum atomic E-state index is 11.9. The molecule has 0 aliphatic carbocycles. The van der Waals surface area contributed by atoms with Crippen molar-refractivity contribution in [1.82, 2.24) is 19.2 Å². The van der Waals surface area contributed by atoms with Crippen molar-refractivity contribution < 1.29 is 12.8 Å². The molecule has 0 N–H and O–H groups in total. The first-order chi connectivity index (χ1) is 11.9. The van der Waals surface area contributed by atoms with E-state index in [4.69, 9.17) is 16.6 Å². The molecule has 7 nitrogen and oxygen atoms in total. The van der Waals surface area contributed by atoms with Crippen molar-refractivity contribution in [3.05, 3.63) is 23.2 Å². The van der Waals surface area contributed by atoms with Crippen LogP contribution in [0, 0.1) is 4.77 Å². The zero-order valence-electron chi connectivity index (χ0n) is 14.6. The highest BCUT2D eigenvalue weighted by Gasteiger charge is 2.32. The fourth-order valence-corrected chi connectivity index (χ4v) is 5.11. The Morgan fingerprint density at radius 2 is 2.28 bits per heavy atom. The zero-order chi connectivity index (χ0) is 18.0. The minimum atomic E-state index is -2.92. The summed E-state index contributed by atoms with van der Waals surface area (Å²) in [5.74, 6) is 1.83. The van der Waals surface area contributed by atoms with Crippen molar-refractivity contribution in [1.29, 1.82) is 0 Å². The molecule has 138 valence electrons. The third-order valence-corrected chi connectivity index (χ3v) is 6.86. The third kappa shape index (κ3) is 4.04. The predicted octanol–water partition coefficient (Wildman–Crippen LogP) is 2.46. The maximum Gasteiger partial charge on any atom is 0.199 e. The molecule has 3 heterocycles. The lowest BCUT2D eigenvalue weighted by Gasteiger charge is -2.27. The van der Waals surface area contributed by atoms with E-state index in [1.54, 1.807) is 10.9 Å². The average Bonchev–Trinajstić information content (AvgIpc) is 3.27. The monoisotopic (exact) mass is 384 g/mol. The van der Waals surface area contributed by atoms with Gasteiger partial charge in [0.1, 0.15) is 0 Å². The van der Waals surface area contributed by atoms with Gasteiger partial charge in [-0.1, -0.05) is 13.3 Å². The molecule has 2 aromatic heterocycles. The van der Waals surface area contributed by atoms with E-state index in [9.17, 15) is 8.42 Å². The van der Waals surface area contributed by atoms with Crippen molar-refractivity contribution in [3.8, 4) is 11.6 Å². The molecule has 2 aromatic rings. The molecular formula is C16H24N4O3S2. The number of rotatable bonds is 7. The van der Waals surface area contributed by atoms with Gasteiger partial charge in [0.05, 0.1) is 24.4 Å². The number of furan rings is 1. The zero-order valence-corrected chi connectivity index (χ0v) is 16.2. The van der Waals surface area contributed by atoms with Crippen LogP contribution in [0.5, 0.6) is 0 Å². The SMILES string of the molecule is CCCCN(Cn1nc(-c2ccco2)n(C)c1=S)C1CCS(=O)(=O)C1. The summed E-state index contributed by atoms with van der Waals surface area (Å²) >= 11 is 5.52. The lowest BCUT2D eigenvalue weighted by Crippen LogP contribution is -2.38. The summed E-state index contributed by atoms with van der Waals surface area (Å²) in [5, 5.41) is 4.60. The highest BCUT2D eigenvalue weighted by molar-refractivity contribution is 7.91. The van der Waals surface area contributed by atoms with Crippen LogP contribution in [0.3, 0.4) is 0 Å². The number of hydrogen-bond acceptors (Lipinski definition) is 6. The summed E-state index contributed by atoms with van der Waals surface area (Å²) in [6.45, 7) is 3.46. The number of aromatic nitrogens is 3. The predicted molar refractivity (Wildman–Crippen MR) is 98.4 cm³/mol. The van der Waals surface area contributed by atoms with Crippen molar-refractivity contribution >= 4 is 22.1 Å². The Bertz CT molecular complexity index is 868. The quantitative estimate of drug-likeness (QED) is 0.683. The Kier molecular flexibility index (Phi) is 5.45. The Morgan fingerprint density at radius 1 is 1.48 bits per heavy atom. The summed E-state index contributed by atoms with van der Waals surface area (Å²) in [6, 6.07) is 3.70. The first-order valence-electron chi connectivity index (χ1n) is 8.53. The summed E-state index contributed by atoms with van der Waals surface area (Å²) in [6.07, 6.45) is 4.36. The molecule has 25 heavy (non-hydrogen) atoms. The molecule has 1 aliphatic rings. The van der Waals surface area contributed by atoms with E-state index in [0.717, 1.165) is 19.4 Å². The van der Waals surface area contributed by atoms with Crippen molar-refractivity contribution in [2.24, 2.45) is 7.05 Å². The second-order valence-corrected chi connectivity index (χ2v) is 9.10. The molecule has 0 aromatic carbocycles. The minimum absolute atomic E-state index is 0.0347. The van der Waals surface area contributed by atoms with Crippen LogP contribution in [0.1, 0.15) is 26.2 Å². The molecule has 0 saturated carbocycles. The van der Waals surface area contributed by atoms with Crippen LogP contribution in [0.4, 0.5) is 0 Å². The fraction of sp³-hybridized carbons (Fsp3) is 0.625. The number of unbranched alkanes of at least 4 members (excludes halogenated alkanes) is 1. The lowest BCUT2D eigenvalue weighted by atomic mass is 10.2. The Labute approximate surface area is 153 Å². The number of nitrogens with zero attached hydrogens (tertiary/aromatic N) is 4. The van der Waals surface area contributed by atoms with Gasteiger partial charge in [-0.05, 0) is 37.2 Å². The van der Waals surface area contributed by atoms with Gasteiger partial charge >= 0.3 is 0 Å². The summed E-state index contributed by atoms with van der Waals surface area (Å²) in [4.78, 5) is 2.20. The average molecular weight is 385 g/mol. The van der Waals surface area contributed by atoms with E-state index in [2.05, 4.69) is 16.9 Å². The largest absolute Gasteiger partial charge is 0.461 e. The van der Waals surface area contributed by atoms with Crippen molar-refractivity contribution in [2.45, 2.75) is 38.9 Å². The minimum Gasteiger partial charge on any atom is -0.461 e. The van der Waals surface area contributed by atoms with Crippen LogP contribution < -0.4 is 0 Å². The van der Waals surface area contributed by atoms with E-state index in [-0.39, 0.29) is 17.5 Å². The topological polar surface area (TPSA) is 73.3 Å². The van der Waals surface area contributed by atoms with Gasteiger partial charge < -0.3 is 8.98 Å². The standard InChI is InChI=1S/C16H24N4O3S2/c1-3-4-8-19(13-7-10-25(21,22)11-13)12-20-16(24)18(2)15(17-20)14-6-5-9-23-14/h5-6,9,13H,3-4,7-8,10-12H2,1-2H3. The first kappa shape index (κ1) is 18.3. The Hall–Kier alpha value is -1.45. The molecule has 1 fully saturated rings. The van der Waals surface area contributed by atoms with Gasteiger partial charge in [-0.25, -0.2) is 13.1 Å². The number of sulfone groups is 1. The van der Waals surface area contributed by atoms with Crippen molar-refractivity contribution in [2.75, 3.05) is 18.1 Å². The normalized spacial score (nSPS) is 19.7. The molecule has 3 rings (SSSR count). The molecule has 1 aliphatic heterocycles. The summed E-state index contributed by atoms with van der Waals surface area (Å²) < 4.78 is 33.3. The third-order valence-electron chi connectivity index (χ3n) is 4.62. The molecule has 1 unspecified atom stereocenters. The molecule has 1 saturated heterocycles. The van der Waals surface area contributed by atoms with E-state index < -0.39 is 9.84 Å². The van der Waals surface area contributed by atoms with Crippen LogP contribution >= 0.6 is 12.2 Å². The van der Waals surface area contributed by atoms with Crippen LogP contribution in [0.25, 0.3) is 11.6 Å². The number of hydrogen-bond donors (Lipinski definition) is 0. The second-order valence-electron chi connectivity index (χ2n) is 6.51. The van der Waals surface area contributed by atoms with Crippen LogP contribution in [0.2, 0.25) is 0 Å². The van der Waals surface area contributed by atoms with Gasteiger partial charge in [-0.2, -0.15) is 0 Å². The van der Waals surface area contributed by atoms with Gasteiger partial charge in [0, 0.05) is 19.6 Å². The van der Waals surface area contributed by atoms with E-state index in [1.165, 1.54) is 0 Å². The lowest BCUT2D eigenvalue weighted by molar-refractivity contribution is 0.152. The Morgan fingerprint density at radius 3 is 2.88 bits per heavy atom. The first-order valence-corrected chi connectivity index (χ1v) is 10.8. The van der Waals surface area contributed by atoms with E-state index in [1.807, 2.05) is 23.7 Å². The van der Waals surface area contributed by atoms with Gasteiger partial charge in [0.2, 0.25) is 0 Å². The summed E-state index contributed by atoms with van der Waals surface area (Å²) in [5.41, 5.74) is 0. The molecule has 1 atom stereocenters. The molecule has 0 spiro atoms. The van der Waals surface area contributed by atoms with Gasteiger partial charge in [-0.3, -0.25) is 4.90 Å². The van der Waals surface area contributed by atoms with Gasteiger partial charge in [0.25, 0.3) is 0 Å². The highest BCUT2D eigenvalue weighted by atomic mass is 32.2. The summed E-state index contributed by atoms with van der Waals surface area (Å²) in [7, 11) is -1.06. The smallest absolute Gasteiger partial charge is 0.199 e. The second kappa shape index (κ2) is 7.43. The highest BCUT2D eigenvalue weighted by Crippen LogP contribution is 2.21. The van der Waals surface area contributed by atoms with E-state index >= 15 is 0 Å². The molecular weight excluding hydrogens is 360 g/mol.